The highest BCUT2D eigenvalue weighted by atomic mass is 16.7. The van der Waals surface area contributed by atoms with Crippen molar-refractivity contribution < 1.29 is 29.1 Å². The highest BCUT2D eigenvalue weighted by Gasteiger charge is 2.53. The third-order valence-corrected chi connectivity index (χ3v) is 7.08. The molecule has 1 fully saturated rings. The van der Waals surface area contributed by atoms with Crippen molar-refractivity contribution in [1.82, 2.24) is 4.90 Å². The number of benzene rings is 2. The number of allylic oxidation sites excluding steroid dienone is 1. The standard InChI is InChI=1S/C26H26N6O8/c1-4-14(2)24(34)28-17-7-5-6-16(8-17)20-11-26(40-29-20)12-22(23(27)33)30(13-26)25(35)19-9-18(31(36)37)10-21(15(19)3)32(38)39/h4-10,22H,11-13H2,1-3H3,(H2,27,33)(H,28,34). The van der Waals surface area contributed by atoms with Crippen LogP contribution in [0.15, 0.2) is 53.2 Å². The molecule has 40 heavy (non-hydrogen) atoms. The molecule has 0 aliphatic carbocycles. The summed E-state index contributed by atoms with van der Waals surface area (Å²) in [6.07, 6.45) is 1.88. The van der Waals surface area contributed by atoms with Gasteiger partial charge in [-0.15, -0.1) is 0 Å². The molecule has 3 amide bonds. The second-order valence-electron chi connectivity index (χ2n) is 9.70. The first-order valence-corrected chi connectivity index (χ1v) is 12.2. The SMILES string of the molecule is CC=C(C)C(=O)Nc1cccc(C2=NOC3(C2)CC(C(N)=O)N(C(=O)c2cc([N+](=O)[O-])cc([N+](=O)[O-])c2C)C3)c1. The third-order valence-electron chi connectivity index (χ3n) is 7.08. The Balaban J connectivity index is 1.60. The van der Waals surface area contributed by atoms with E-state index in [-0.39, 0.29) is 36.4 Å². The zero-order valence-corrected chi connectivity index (χ0v) is 21.9. The summed E-state index contributed by atoms with van der Waals surface area (Å²) < 4.78 is 0. The van der Waals surface area contributed by atoms with Crippen molar-refractivity contribution in [2.75, 3.05) is 11.9 Å². The minimum Gasteiger partial charge on any atom is -0.387 e. The Morgan fingerprint density at radius 2 is 1.93 bits per heavy atom. The molecule has 2 aromatic rings. The average Bonchev–Trinajstić information content (AvgIpc) is 3.51. The van der Waals surface area contributed by atoms with E-state index in [1.165, 1.54) is 6.92 Å². The maximum atomic E-state index is 13.6. The highest BCUT2D eigenvalue weighted by Crippen LogP contribution is 2.40. The molecule has 2 aliphatic rings. The molecule has 4 rings (SSSR count). The number of nitro groups is 2. The van der Waals surface area contributed by atoms with Crippen molar-refractivity contribution in [2.24, 2.45) is 10.9 Å². The molecular weight excluding hydrogens is 524 g/mol. The number of nitrogens with zero attached hydrogens (tertiary/aromatic N) is 4. The number of rotatable bonds is 7. The molecule has 1 saturated heterocycles. The molecule has 14 heteroatoms. The van der Waals surface area contributed by atoms with Gasteiger partial charge in [-0.1, -0.05) is 23.4 Å². The van der Waals surface area contributed by atoms with Gasteiger partial charge < -0.3 is 20.8 Å². The van der Waals surface area contributed by atoms with E-state index in [4.69, 9.17) is 10.6 Å². The van der Waals surface area contributed by atoms with Gasteiger partial charge in [0, 0.05) is 41.3 Å². The van der Waals surface area contributed by atoms with E-state index in [9.17, 15) is 34.6 Å². The lowest BCUT2D eigenvalue weighted by Gasteiger charge is -2.23. The predicted molar refractivity (Wildman–Crippen MR) is 143 cm³/mol. The third kappa shape index (κ3) is 5.23. The van der Waals surface area contributed by atoms with Crippen molar-refractivity contribution in [2.45, 2.75) is 45.3 Å². The van der Waals surface area contributed by atoms with Gasteiger partial charge in [0.15, 0.2) is 5.60 Å². The van der Waals surface area contributed by atoms with Crippen molar-refractivity contribution >= 4 is 40.5 Å². The fraction of sp³-hybridized carbons (Fsp3) is 0.308. The quantitative estimate of drug-likeness (QED) is 0.297. The zero-order valence-electron chi connectivity index (χ0n) is 21.9. The van der Waals surface area contributed by atoms with Crippen molar-refractivity contribution in [1.29, 1.82) is 0 Å². The van der Waals surface area contributed by atoms with E-state index < -0.39 is 44.7 Å². The summed E-state index contributed by atoms with van der Waals surface area (Å²) >= 11 is 0. The number of nitro benzene ring substituents is 2. The van der Waals surface area contributed by atoms with Gasteiger partial charge in [0.2, 0.25) is 5.91 Å². The van der Waals surface area contributed by atoms with E-state index in [0.29, 0.717) is 22.5 Å². The Labute approximate surface area is 227 Å². The number of hydrogen-bond acceptors (Lipinski definition) is 9. The lowest BCUT2D eigenvalue weighted by molar-refractivity contribution is -0.394. The van der Waals surface area contributed by atoms with Gasteiger partial charge >= 0.3 is 0 Å². The van der Waals surface area contributed by atoms with Gasteiger partial charge in [-0.05, 0) is 32.9 Å². The fourth-order valence-electron chi connectivity index (χ4n) is 4.78. The van der Waals surface area contributed by atoms with Crippen LogP contribution in [-0.2, 0) is 14.4 Å². The molecule has 2 aromatic carbocycles. The Morgan fingerprint density at radius 3 is 2.55 bits per heavy atom. The number of amides is 3. The normalized spacial score (nSPS) is 20.2. The number of carbonyl (C=O) groups is 3. The molecule has 2 aliphatic heterocycles. The Kier molecular flexibility index (Phi) is 7.36. The van der Waals surface area contributed by atoms with Gasteiger partial charge in [0.05, 0.1) is 33.7 Å². The number of hydrogen-bond donors (Lipinski definition) is 2. The minimum absolute atomic E-state index is 0.00590. The largest absolute Gasteiger partial charge is 0.387 e. The first-order chi connectivity index (χ1) is 18.9. The number of oxime groups is 1. The van der Waals surface area contributed by atoms with Crippen LogP contribution in [0.3, 0.4) is 0 Å². The van der Waals surface area contributed by atoms with E-state index in [1.54, 1.807) is 44.2 Å². The summed E-state index contributed by atoms with van der Waals surface area (Å²) in [6.45, 7) is 4.61. The molecule has 0 saturated carbocycles. The maximum Gasteiger partial charge on any atom is 0.279 e. The molecular formula is C26H26N6O8. The van der Waals surface area contributed by atoms with Crippen LogP contribution in [0.4, 0.5) is 17.1 Å². The van der Waals surface area contributed by atoms with Crippen LogP contribution >= 0.6 is 0 Å². The van der Waals surface area contributed by atoms with E-state index in [1.807, 2.05) is 0 Å². The van der Waals surface area contributed by atoms with Crippen LogP contribution in [0.2, 0.25) is 0 Å². The van der Waals surface area contributed by atoms with E-state index in [0.717, 1.165) is 17.0 Å². The first kappa shape index (κ1) is 27.9. The molecule has 2 atom stereocenters. The van der Waals surface area contributed by atoms with Crippen LogP contribution in [0.1, 0.15) is 48.2 Å². The molecule has 0 aromatic heterocycles. The van der Waals surface area contributed by atoms with Crippen LogP contribution in [0.25, 0.3) is 0 Å². The van der Waals surface area contributed by atoms with Crippen molar-refractivity contribution in [3.05, 3.63) is 85.0 Å². The monoisotopic (exact) mass is 550 g/mol. The molecule has 14 nitrogen and oxygen atoms in total. The second kappa shape index (κ2) is 10.6. The second-order valence-corrected chi connectivity index (χ2v) is 9.70. The molecule has 0 radical (unpaired) electrons. The predicted octanol–water partition coefficient (Wildman–Crippen LogP) is 2.98. The number of nitrogens with one attached hydrogen (secondary N) is 1. The molecule has 1 spiro atoms. The van der Waals surface area contributed by atoms with Gasteiger partial charge in [-0.2, -0.15) is 0 Å². The molecule has 2 heterocycles. The molecule has 0 bridgehead atoms. The Bertz CT molecular complexity index is 1520. The number of nitrogens with two attached hydrogens (primary N) is 1. The van der Waals surface area contributed by atoms with Crippen molar-refractivity contribution in [3.8, 4) is 0 Å². The average molecular weight is 551 g/mol. The summed E-state index contributed by atoms with van der Waals surface area (Å²) in [5, 5.41) is 29.9. The summed E-state index contributed by atoms with van der Waals surface area (Å²) in [6, 6.07) is 7.52. The van der Waals surface area contributed by atoms with Gasteiger partial charge in [-0.3, -0.25) is 34.6 Å². The molecule has 3 N–H and O–H groups in total. The lowest BCUT2D eigenvalue weighted by atomic mass is 9.91. The van der Waals surface area contributed by atoms with E-state index in [2.05, 4.69) is 10.5 Å². The molecule has 2 unspecified atom stereocenters. The summed E-state index contributed by atoms with van der Waals surface area (Å²) in [5.41, 5.74) is 5.13. The Morgan fingerprint density at radius 1 is 1.20 bits per heavy atom. The number of likely N-dealkylation sites (tertiary alicyclic amines) is 1. The number of anilines is 1. The van der Waals surface area contributed by atoms with Gasteiger partial charge in [0.25, 0.3) is 23.2 Å². The number of primary amides is 1. The lowest BCUT2D eigenvalue weighted by Crippen LogP contribution is -2.44. The topological polar surface area (TPSA) is 200 Å². The van der Waals surface area contributed by atoms with Gasteiger partial charge in [0.1, 0.15) is 6.04 Å². The van der Waals surface area contributed by atoms with Crippen molar-refractivity contribution in [3.63, 3.8) is 0 Å². The van der Waals surface area contributed by atoms with Gasteiger partial charge in [-0.25, -0.2) is 0 Å². The summed E-state index contributed by atoms with van der Waals surface area (Å²) in [5.74, 6) is -1.92. The maximum absolute atomic E-state index is 13.6. The number of carbonyl (C=O) groups excluding carboxylic acids is 3. The summed E-state index contributed by atoms with van der Waals surface area (Å²) in [7, 11) is 0. The highest BCUT2D eigenvalue weighted by molar-refractivity contribution is 6.06. The van der Waals surface area contributed by atoms with Crippen LogP contribution < -0.4 is 11.1 Å². The van der Waals surface area contributed by atoms with Crippen LogP contribution in [0, 0.1) is 27.2 Å². The Hall–Kier alpha value is -5.14. The van der Waals surface area contributed by atoms with Crippen LogP contribution in [-0.4, -0.2) is 56.4 Å². The fourth-order valence-corrected chi connectivity index (χ4v) is 4.78. The van der Waals surface area contributed by atoms with Crippen LogP contribution in [0.5, 0.6) is 0 Å². The zero-order chi connectivity index (χ0) is 29.4. The summed E-state index contributed by atoms with van der Waals surface area (Å²) in [4.78, 5) is 66.3. The minimum atomic E-state index is -1.14. The van der Waals surface area contributed by atoms with E-state index >= 15 is 0 Å². The number of non-ortho nitro benzene ring substituents is 1. The first-order valence-electron chi connectivity index (χ1n) is 12.2. The smallest absolute Gasteiger partial charge is 0.279 e. The molecule has 208 valence electrons.